The summed E-state index contributed by atoms with van der Waals surface area (Å²) in [5.74, 6) is 1.41. The topological polar surface area (TPSA) is 53.1 Å². The fraction of sp³-hybridized carbons (Fsp3) is 0.182. The summed E-state index contributed by atoms with van der Waals surface area (Å²) >= 11 is 1.57. The summed E-state index contributed by atoms with van der Waals surface area (Å²) in [4.78, 5) is 0. The van der Waals surface area contributed by atoms with Crippen molar-refractivity contribution in [3.8, 4) is 11.4 Å². The molecule has 0 saturated carbocycles. The SMILES string of the molecule is COc1cccc(-n2nc(SC)cc2N)c1. The van der Waals surface area contributed by atoms with E-state index >= 15 is 0 Å². The van der Waals surface area contributed by atoms with Gasteiger partial charge in [-0.05, 0) is 18.4 Å². The Morgan fingerprint density at radius 3 is 2.81 bits per heavy atom. The maximum Gasteiger partial charge on any atom is 0.128 e. The molecular formula is C11H13N3OS. The number of methoxy groups -OCH3 is 1. The first-order chi connectivity index (χ1) is 7.74. The third kappa shape index (κ3) is 1.99. The maximum atomic E-state index is 5.89. The quantitative estimate of drug-likeness (QED) is 0.828. The molecule has 16 heavy (non-hydrogen) atoms. The number of hydrogen-bond acceptors (Lipinski definition) is 4. The summed E-state index contributed by atoms with van der Waals surface area (Å²) in [7, 11) is 1.64. The van der Waals surface area contributed by atoms with Crippen LogP contribution in [0.5, 0.6) is 5.75 Å². The van der Waals surface area contributed by atoms with E-state index in [0.717, 1.165) is 16.5 Å². The molecule has 0 aliphatic rings. The van der Waals surface area contributed by atoms with Crippen LogP contribution in [-0.4, -0.2) is 23.1 Å². The summed E-state index contributed by atoms with van der Waals surface area (Å²) in [6.45, 7) is 0. The number of benzene rings is 1. The largest absolute Gasteiger partial charge is 0.497 e. The summed E-state index contributed by atoms with van der Waals surface area (Å²) in [6, 6.07) is 9.49. The first kappa shape index (κ1) is 10.9. The number of rotatable bonds is 3. The number of nitrogens with zero attached hydrogens (tertiary/aromatic N) is 2. The van der Waals surface area contributed by atoms with Crippen molar-refractivity contribution in [3.63, 3.8) is 0 Å². The fourth-order valence-corrected chi connectivity index (χ4v) is 1.82. The zero-order chi connectivity index (χ0) is 11.5. The zero-order valence-corrected chi connectivity index (χ0v) is 9.99. The lowest BCUT2D eigenvalue weighted by atomic mass is 10.3. The predicted octanol–water partition coefficient (Wildman–Crippen LogP) is 2.19. The van der Waals surface area contributed by atoms with Gasteiger partial charge >= 0.3 is 0 Å². The van der Waals surface area contributed by atoms with E-state index in [1.54, 1.807) is 23.6 Å². The van der Waals surface area contributed by atoms with Crippen molar-refractivity contribution < 1.29 is 4.74 Å². The smallest absolute Gasteiger partial charge is 0.128 e. The normalized spacial score (nSPS) is 10.4. The number of hydrogen-bond donors (Lipinski definition) is 1. The van der Waals surface area contributed by atoms with Gasteiger partial charge in [0.1, 0.15) is 16.6 Å². The monoisotopic (exact) mass is 235 g/mol. The van der Waals surface area contributed by atoms with Gasteiger partial charge in [0.05, 0.1) is 12.8 Å². The van der Waals surface area contributed by atoms with E-state index in [2.05, 4.69) is 5.10 Å². The molecule has 5 heteroatoms. The minimum absolute atomic E-state index is 0.623. The van der Waals surface area contributed by atoms with E-state index < -0.39 is 0 Å². The number of anilines is 1. The lowest BCUT2D eigenvalue weighted by Gasteiger charge is -2.05. The van der Waals surface area contributed by atoms with Gasteiger partial charge in [-0.1, -0.05) is 6.07 Å². The number of nitrogen functional groups attached to an aromatic ring is 1. The Hall–Kier alpha value is -1.62. The Bertz CT molecular complexity index is 496. The van der Waals surface area contributed by atoms with E-state index in [-0.39, 0.29) is 0 Å². The number of thioether (sulfide) groups is 1. The minimum atomic E-state index is 0.623. The van der Waals surface area contributed by atoms with Crippen LogP contribution < -0.4 is 10.5 Å². The molecule has 2 N–H and O–H groups in total. The third-order valence-corrected chi connectivity index (χ3v) is 2.84. The van der Waals surface area contributed by atoms with Gasteiger partial charge in [0.25, 0.3) is 0 Å². The highest BCUT2D eigenvalue weighted by Gasteiger charge is 2.06. The van der Waals surface area contributed by atoms with Crippen LogP contribution in [0.1, 0.15) is 0 Å². The molecule has 0 radical (unpaired) electrons. The molecule has 0 spiro atoms. The summed E-state index contributed by atoms with van der Waals surface area (Å²) in [5, 5.41) is 5.28. The van der Waals surface area contributed by atoms with E-state index in [1.165, 1.54) is 0 Å². The standard InChI is InChI=1S/C11H13N3OS/c1-15-9-5-3-4-8(6-9)14-10(12)7-11(13-14)16-2/h3-7H,12H2,1-2H3. The third-order valence-electron chi connectivity index (χ3n) is 2.22. The second kappa shape index (κ2) is 4.49. The lowest BCUT2D eigenvalue weighted by molar-refractivity contribution is 0.414. The first-order valence-corrected chi connectivity index (χ1v) is 6.01. The highest BCUT2D eigenvalue weighted by atomic mass is 32.2. The molecule has 0 saturated heterocycles. The molecule has 2 aromatic rings. The molecule has 0 amide bonds. The molecule has 84 valence electrons. The molecule has 1 aromatic heterocycles. The van der Waals surface area contributed by atoms with Crippen molar-refractivity contribution in [2.75, 3.05) is 19.1 Å². The van der Waals surface area contributed by atoms with Crippen LogP contribution in [0.4, 0.5) is 5.82 Å². The summed E-state index contributed by atoms with van der Waals surface area (Å²) in [6.07, 6.45) is 1.97. The van der Waals surface area contributed by atoms with Gasteiger partial charge in [-0.3, -0.25) is 0 Å². The Morgan fingerprint density at radius 2 is 2.19 bits per heavy atom. The van der Waals surface area contributed by atoms with Gasteiger partial charge in [-0.25, -0.2) is 4.68 Å². The first-order valence-electron chi connectivity index (χ1n) is 4.78. The lowest BCUT2D eigenvalue weighted by Crippen LogP contribution is -2.01. The van der Waals surface area contributed by atoms with Crippen LogP contribution in [0, 0.1) is 0 Å². The molecule has 0 aliphatic carbocycles. The van der Waals surface area contributed by atoms with Gasteiger partial charge in [0.15, 0.2) is 0 Å². The average molecular weight is 235 g/mol. The summed E-state index contributed by atoms with van der Waals surface area (Å²) < 4.78 is 6.86. The van der Waals surface area contributed by atoms with Crippen molar-refractivity contribution in [2.24, 2.45) is 0 Å². The van der Waals surface area contributed by atoms with E-state index in [0.29, 0.717) is 5.82 Å². The Morgan fingerprint density at radius 1 is 1.38 bits per heavy atom. The molecule has 0 fully saturated rings. The summed E-state index contributed by atoms with van der Waals surface area (Å²) in [5.41, 5.74) is 6.79. The molecule has 0 aliphatic heterocycles. The van der Waals surface area contributed by atoms with Gasteiger partial charge < -0.3 is 10.5 Å². The molecule has 2 rings (SSSR count). The van der Waals surface area contributed by atoms with Gasteiger partial charge in [-0.15, -0.1) is 11.8 Å². The van der Waals surface area contributed by atoms with E-state index in [1.807, 2.05) is 36.6 Å². The van der Waals surface area contributed by atoms with Crippen molar-refractivity contribution >= 4 is 17.6 Å². The van der Waals surface area contributed by atoms with E-state index in [9.17, 15) is 0 Å². The second-order valence-electron chi connectivity index (χ2n) is 3.22. The highest BCUT2D eigenvalue weighted by molar-refractivity contribution is 7.98. The van der Waals surface area contributed by atoms with E-state index in [4.69, 9.17) is 10.5 Å². The van der Waals surface area contributed by atoms with Crippen molar-refractivity contribution in [3.05, 3.63) is 30.3 Å². The average Bonchev–Trinajstić information content (AvgIpc) is 2.71. The van der Waals surface area contributed by atoms with Crippen LogP contribution in [0.2, 0.25) is 0 Å². The fourth-order valence-electron chi connectivity index (χ4n) is 1.42. The van der Waals surface area contributed by atoms with Crippen molar-refractivity contribution in [1.29, 1.82) is 0 Å². The van der Waals surface area contributed by atoms with Crippen LogP contribution in [0.25, 0.3) is 5.69 Å². The molecular weight excluding hydrogens is 222 g/mol. The molecule has 0 bridgehead atoms. The Balaban J connectivity index is 2.45. The second-order valence-corrected chi connectivity index (χ2v) is 4.05. The molecule has 0 atom stereocenters. The van der Waals surface area contributed by atoms with Gasteiger partial charge in [0.2, 0.25) is 0 Å². The molecule has 0 unspecified atom stereocenters. The zero-order valence-electron chi connectivity index (χ0n) is 9.18. The van der Waals surface area contributed by atoms with Gasteiger partial charge in [0, 0.05) is 12.1 Å². The van der Waals surface area contributed by atoms with Gasteiger partial charge in [-0.2, -0.15) is 5.10 Å². The maximum absolute atomic E-state index is 5.89. The predicted molar refractivity (Wildman–Crippen MR) is 66.3 cm³/mol. The van der Waals surface area contributed by atoms with Crippen LogP contribution in [0.3, 0.4) is 0 Å². The molecule has 4 nitrogen and oxygen atoms in total. The van der Waals surface area contributed by atoms with Crippen LogP contribution in [0.15, 0.2) is 35.4 Å². The molecule has 1 heterocycles. The Labute approximate surface area is 98.4 Å². The molecule has 1 aromatic carbocycles. The van der Waals surface area contributed by atoms with Crippen molar-refractivity contribution in [1.82, 2.24) is 9.78 Å². The Kier molecular flexibility index (Phi) is 3.05. The highest BCUT2D eigenvalue weighted by Crippen LogP contribution is 2.22. The number of nitrogens with two attached hydrogens (primary N) is 1. The number of ether oxygens (including phenoxy) is 1. The van der Waals surface area contributed by atoms with Crippen LogP contribution in [-0.2, 0) is 0 Å². The minimum Gasteiger partial charge on any atom is -0.497 e. The van der Waals surface area contributed by atoms with Crippen LogP contribution >= 0.6 is 11.8 Å². The number of aromatic nitrogens is 2. The van der Waals surface area contributed by atoms with Crippen molar-refractivity contribution in [2.45, 2.75) is 5.03 Å².